The van der Waals surface area contributed by atoms with Crippen LogP contribution in [0.4, 0.5) is 0 Å². The number of benzene rings is 2. The van der Waals surface area contributed by atoms with Crippen LogP contribution in [-0.4, -0.2) is 8.32 Å². The van der Waals surface area contributed by atoms with E-state index >= 15 is 0 Å². The molecule has 0 atom stereocenters. The molecule has 2 rings (SSSR count). The van der Waals surface area contributed by atoms with Crippen LogP contribution in [0.3, 0.4) is 0 Å². The predicted molar refractivity (Wildman–Crippen MR) is 77.2 cm³/mol. The highest BCUT2D eigenvalue weighted by Gasteiger charge is 2.29. The van der Waals surface area contributed by atoms with Gasteiger partial charge in [-0.2, -0.15) is 0 Å². The van der Waals surface area contributed by atoms with Gasteiger partial charge in [0.05, 0.1) is 0 Å². The van der Waals surface area contributed by atoms with Crippen LogP contribution in [0.5, 0.6) is 5.75 Å². The van der Waals surface area contributed by atoms with Crippen LogP contribution in [0.2, 0.25) is 18.6 Å². The number of fused-ring (bicyclic) bond motifs is 1. The molecule has 0 bridgehead atoms. The minimum Gasteiger partial charge on any atom is -0.543 e. The third-order valence-electron chi connectivity index (χ3n) is 3.51. The molecule has 0 aliphatic carbocycles. The molecule has 0 aromatic heterocycles. The molecule has 0 radical (unpaired) electrons. The number of rotatable bonds is 3. The van der Waals surface area contributed by atoms with Crippen molar-refractivity contribution in [2.24, 2.45) is 0 Å². The molecule has 1 nitrogen and oxygen atoms in total. The van der Waals surface area contributed by atoms with Crippen LogP contribution in [0.1, 0.15) is 13.8 Å². The largest absolute Gasteiger partial charge is 0.543 e. The average molecular weight is 244 g/mol. The molecule has 2 aromatic carbocycles. The van der Waals surface area contributed by atoms with E-state index in [9.17, 15) is 0 Å². The molecule has 0 heterocycles. The summed E-state index contributed by atoms with van der Waals surface area (Å²) in [4.78, 5) is 0. The van der Waals surface area contributed by atoms with Gasteiger partial charge in [-0.1, -0.05) is 50.2 Å². The number of hydrogen-bond acceptors (Lipinski definition) is 1. The van der Waals surface area contributed by atoms with Gasteiger partial charge in [-0.15, -0.1) is 0 Å². The van der Waals surface area contributed by atoms with Gasteiger partial charge in [0.25, 0.3) is 0 Å². The Morgan fingerprint density at radius 1 is 0.941 bits per heavy atom. The zero-order chi connectivity index (χ0) is 12.5. The molecule has 0 unspecified atom stereocenters. The molecular formula is C15H20OSi. The third-order valence-corrected chi connectivity index (χ3v) is 7.04. The van der Waals surface area contributed by atoms with Crippen LogP contribution in [0, 0.1) is 0 Å². The Kier molecular flexibility index (Phi) is 3.25. The molecule has 0 fully saturated rings. The van der Waals surface area contributed by atoms with Crippen molar-refractivity contribution in [1.29, 1.82) is 0 Å². The van der Waals surface area contributed by atoms with E-state index in [1.54, 1.807) is 0 Å². The van der Waals surface area contributed by atoms with Gasteiger partial charge in [0, 0.05) is 5.39 Å². The Morgan fingerprint density at radius 3 is 2.29 bits per heavy atom. The van der Waals surface area contributed by atoms with E-state index in [1.165, 1.54) is 10.8 Å². The maximum atomic E-state index is 6.32. The summed E-state index contributed by atoms with van der Waals surface area (Å²) in [7, 11) is -1.64. The minimum atomic E-state index is -1.64. The van der Waals surface area contributed by atoms with Crippen molar-refractivity contribution in [2.45, 2.75) is 32.5 Å². The monoisotopic (exact) mass is 244 g/mol. The first-order valence-electron chi connectivity index (χ1n) is 6.17. The van der Waals surface area contributed by atoms with Gasteiger partial charge in [0.1, 0.15) is 5.75 Å². The van der Waals surface area contributed by atoms with Crippen LogP contribution >= 0.6 is 0 Å². The summed E-state index contributed by atoms with van der Waals surface area (Å²) in [5, 5.41) is 2.47. The standard InChI is InChI=1S/C15H20OSi/c1-12(2)17(3,4)16-15-11-7-9-13-8-5-6-10-14(13)15/h5-12H,1-4H3. The molecule has 2 heteroatoms. The Balaban J connectivity index is 2.43. The lowest BCUT2D eigenvalue weighted by atomic mass is 10.1. The quantitative estimate of drug-likeness (QED) is 0.702. The Hall–Kier alpha value is -1.28. The first-order valence-corrected chi connectivity index (χ1v) is 9.16. The molecule has 0 aliphatic rings. The summed E-state index contributed by atoms with van der Waals surface area (Å²) in [5.41, 5.74) is 0.612. The summed E-state index contributed by atoms with van der Waals surface area (Å²) in [6.45, 7) is 9.05. The van der Waals surface area contributed by atoms with E-state index in [1.807, 2.05) is 0 Å². The van der Waals surface area contributed by atoms with Crippen molar-refractivity contribution in [3.63, 3.8) is 0 Å². The Morgan fingerprint density at radius 2 is 1.59 bits per heavy atom. The SMILES string of the molecule is CC(C)[Si](C)(C)Oc1cccc2ccccc12. The maximum Gasteiger partial charge on any atom is 0.247 e. The van der Waals surface area contributed by atoms with Crippen molar-refractivity contribution in [1.82, 2.24) is 0 Å². The molecule has 0 spiro atoms. The lowest BCUT2D eigenvalue weighted by Crippen LogP contribution is -2.37. The summed E-state index contributed by atoms with van der Waals surface area (Å²) in [5.74, 6) is 1.04. The summed E-state index contributed by atoms with van der Waals surface area (Å²) >= 11 is 0. The van der Waals surface area contributed by atoms with E-state index in [4.69, 9.17) is 4.43 Å². The molecule has 0 N–H and O–H groups in total. The fraction of sp³-hybridized carbons (Fsp3) is 0.333. The second-order valence-corrected chi connectivity index (χ2v) is 9.90. The van der Waals surface area contributed by atoms with Crippen molar-refractivity contribution >= 4 is 19.1 Å². The van der Waals surface area contributed by atoms with Gasteiger partial charge in [-0.3, -0.25) is 0 Å². The Labute approximate surface area is 105 Å². The van der Waals surface area contributed by atoms with Gasteiger partial charge < -0.3 is 4.43 Å². The molecule has 0 saturated carbocycles. The fourth-order valence-electron chi connectivity index (χ4n) is 1.69. The van der Waals surface area contributed by atoms with Crippen molar-refractivity contribution in [2.75, 3.05) is 0 Å². The van der Waals surface area contributed by atoms with E-state index in [-0.39, 0.29) is 0 Å². The van der Waals surface area contributed by atoms with E-state index in [0.717, 1.165) is 5.75 Å². The highest BCUT2D eigenvalue weighted by Crippen LogP contribution is 2.30. The van der Waals surface area contributed by atoms with Crippen LogP contribution in [0.15, 0.2) is 42.5 Å². The van der Waals surface area contributed by atoms with E-state index in [0.29, 0.717) is 5.54 Å². The lowest BCUT2D eigenvalue weighted by molar-refractivity contribution is 0.539. The molecule has 0 saturated heterocycles. The summed E-state index contributed by atoms with van der Waals surface area (Å²) < 4.78 is 6.32. The highest BCUT2D eigenvalue weighted by molar-refractivity contribution is 6.73. The highest BCUT2D eigenvalue weighted by atomic mass is 28.4. The maximum absolute atomic E-state index is 6.32. The fourth-order valence-corrected chi connectivity index (χ4v) is 2.67. The van der Waals surface area contributed by atoms with Crippen molar-refractivity contribution < 1.29 is 4.43 Å². The van der Waals surface area contributed by atoms with E-state index in [2.05, 4.69) is 69.4 Å². The number of hydrogen-bond donors (Lipinski definition) is 0. The van der Waals surface area contributed by atoms with E-state index < -0.39 is 8.32 Å². The Bertz CT molecular complexity index is 512. The predicted octanol–water partition coefficient (Wildman–Crippen LogP) is 4.83. The molecule has 17 heavy (non-hydrogen) atoms. The summed E-state index contributed by atoms with van der Waals surface area (Å²) in [6, 6.07) is 14.7. The smallest absolute Gasteiger partial charge is 0.247 e. The van der Waals surface area contributed by atoms with Crippen LogP contribution < -0.4 is 4.43 Å². The first kappa shape index (κ1) is 12.2. The topological polar surface area (TPSA) is 9.23 Å². The van der Waals surface area contributed by atoms with Gasteiger partial charge in [0.15, 0.2) is 0 Å². The summed E-state index contributed by atoms with van der Waals surface area (Å²) in [6.07, 6.45) is 0. The van der Waals surface area contributed by atoms with Gasteiger partial charge >= 0.3 is 0 Å². The molecular weight excluding hydrogens is 224 g/mol. The normalized spacial score (nSPS) is 12.1. The van der Waals surface area contributed by atoms with Crippen molar-refractivity contribution in [3.8, 4) is 5.75 Å². The van der Waals surface area contributed by atoms with Crippen LogP contribution in [-0.2, 0) is 0 Å². The lowest BCUT2D eigenvalue weighted by Gasteiger charge is -2.28. The van der Waals surface area contributed by atoms with Gasteiger partial charge in [-0.25, -0.2) is 0 Å². The van der Waals surface area contributed by atoms with Gasteiger partial charge in [-0.05, 0) is 30.1 Å². The molecule has 90 valence electrons. The zero-order valence-electron chi connectivity index (χ0n) is 11.0. The zero-order valence-corrected chi connectivity index (χ0v) is 12.0. The second kappa shape index (κ2) is 4.53. The second-order valence-electron chi connectivity index (χ2n) is 5.34. The van der Waals surface area contributed by atoms with Crippen LogP contribution in [0.25, 0.3) is 10.8 Å². The molecule has 2 aromatic rings. The first-order chi connectivity index (χ1) is 8.00. The average Bonchev–Trinajstić information content (AvgIpc) is 2.29. The molecule has 0 aliphatic heterocycles. The van der Waals surface area contributed by atoms with Gasteiger partial charge in [0.2, 0.25) is 8.32 Å². The molecule has 0 amide bonds. The minimum absolute atomic E-state index is 0.612. The third kappa shape index (κ3) is 2.52. The van der Waals surface area contributed by atoms with Crippen molar-refractivity contribution in [3.05, 3.63) is 42.5 Å².